The lowest BCUT2D eigenvalue weighted by Gasteiger charge is -2.29. The maximum Gasteiger partial charge on any atom is 0.318 e. The van der Waals surface area contributed by atoms with Crippen LogP contribution in [0.3, 0.4) is 0 Å². The normalized spacial score (nSPS) is 15.1. The van der Waals surface area contributed by atoms with E-state index in [2.05, 4.69) is 15.6 Å². The average Bonchev–Trinajstić information content (AvgIpc) is 3.17. The van der Waals surface area contributed by atoms with Crippen LogP contribution in [0.1, 0.15) is 5.56 Å². The van der Waals surface area contributed by atoms with Crippen LogP contribution in [0.4, 0.5) is 10.5 Å². The minimum Gasteiger partial charge on any atom is -0.378 e. The second kappa shape index (κ2) is 8.79. The molecule has 0 aliphatic carbocycles. The number of hydrogen-bond donors (Lipinski definition) is 3. The molecule has 0 saturated carbocycles. The van der Waals surface area contributed by atoms with Crippen LogP contribution in [-0.4, -0.2) is 54.2 Å². The lowest BCUT2D eigenvalue weighted by molar-refractivity contribution is -0.118. The highest BCUT2D eigenvalue weighted by molar-refractivity contribution is 5.97. The number of aromatic nitrogens is 1. The molecule has 1 fully saturated rings. The standard InChI is InChI=1S/C22H24N4O3/c27-21(24-17-6-2-1-3-7-17)20(25-22(28)26-10-12-29-13-11-26)14-16-15-23-19-9-5-4-8-18(16)19/h1-9,15,20,23H,10-14H2,(H,24,27)(H,25,28)/t20-/m1/s1. The van der Waals surface area contributed by atoms with Crippen molar-refractivity contribution < 1.29 is 14.3 Å². The Balaban J connectivity index is 1.54. The predicted octanol–water partition coefficient (Wildman–Crippen LogP) is 2.76. The Labute approximate surface area is 169 Å². The number of urea groups is 1. The van der Waals surface area contributed by atoms with Crippen LogP contribution in [0.2, 0.25) is 0 Å². The fraction of sp³-hybridized carbons (Fsp3) is 0.273. The number of benzene rings is 2. The number of hydrogen-bond acceptors (Lipinski definition) is 3. The molecule has 2 aromatic carbocycles. The lowest BCUT2D eigenvalue weighted by atomic mass is 10.0. The highest BCUT2D eigenvalue weighted by Crippen LogP contribution is 2.20. The Morgan fingerprint density at radius 1 is 1.03 bits per heavy atom. The van der Waals surface area contributed by atoms with Crippen molar-refractivity contribution in [3.8, 4) is 0 Å². The SMILES string of the molecule is O=C(Nc1ccccc1)[C@@H](Cc1c[nH]c2ccccc12)NC(=O)N1CCOCC1. The Morgan fingerprint density at radius 2 is 1.76 bits per heavy atom. The van der Waals surface area contributed by atoms with E-state index in [1.807, 2.05) is 60.8 Å². The molecule has 29 heavy (non-hydrogen) atoms. The number of anilines is 1. The van der Waals surface area contributed by atoms with E-state index in [4.69, 9.17) is 4.74 Å². The first-order valence-electron chi connectivity index (χ1n) is 9.75. The lowest BCUT2D eigenvalue weighted by Crippen LogP contribution is -2.53. The molecule has 0 unspecified atom stereocenters. The summed E-state index contributed by atoms with van der Waals surface area (Å²) in [6.45, 7) is 2.06. The van der Waals surface area contributed by atoms with Crippen molar-refractivity contribution in [3.63, 3.8) is 0 Å². The first-order chi connectivity index (χ1) is 14.2. The van der Waals surface area contributed by atoms with Gasteiger partial charge in [-0.05, 0) is 23.8 Å². The van der Waals surface area contributed by atoms with Crippen molar-refractivity contribution in [2.75, 3.05) is 31.6 Å². The van der Waals surface area contributed by atoms with Gasteiger partial charge in [0.1, 0.15) is 6.04 Å². The second-order valence-electron chi connectivity index (χ2n) is 7.02. The molecule has 0 spiro atoms. The van der Waals surface area contributed by atoms with Gasteiger partial charge in [0.15, 0.2) is 0 Å². The summed E-state index contributed by atoms with van der Waals surface area (Å²) in [4.78, 5) is 30.7. The topological polar surface area (TPSA) is 86.5 Å². The number of nitrogens with one attached hydrogen (secondary N) is 3. The van der Waals surface area contributed by atoms with E-state index in [1.54, 1.807) is 4.90 Å². The molecule has 3 aromatic rings. The second-order valence-corrected chi connectivity index (χ2v) is 7.02. The third-order valence-electron chi connectivity index (χ3n) is 5.05. The van der Waals surface area contributed by atoms with Crippen LogP contribution in [0, 0.1) is 0 Å². The summed E-state index contributed by atoms with van der Waals surface area (Å²) in [5, 5.41) is 6.87. The molecule has 1 atom stereocenters. The maximum atomic E-state index is 13.0. The number of amides is 3. The number of morpholine rings is 1. The van der Waals surface area contributed by atoms with Crippen molar-refractivity contribution in [1.82, 2.24) is 15.2 Å². The van der Waals surface area contributed by atoms with Gasteiger partial charge in [0, 0.05) is 42.3 Å². The number of ether oxygens (including phenoxy) is 1. The molecular formula is C22H24N4O3. The Hall–Kier alpha value is -3.32. The number of nitrogens with zero attached hydrogens (tertiary/aromatic N) is 1. The van der Waals surface area contributed by atoms with E-state index in [1.165, 1.54) is 0 Å². The van der Waals surface area contributed by atoms with Gasteiger partial charge in [-0.15, -0.1) is 0 Å². The van der Waals surface area contributed by atoms with Crippen molar-refractivity contribution in [1.29, 1.82) is 0 Å². The molecule has 7 heteroatoms. The number of fused-ring (bicyclic) bond motifs is 1. The van der Waals surface area contributed by atoms with Crippen LogP contribution in [0.25, 0.3) is 10.9 Å². The highest BCUT2D eigenvalue weighted by Gasteiger charge is 2.26. The van der Waals surface area contributed by atoms with Gasteiger partial charge < -0.3 is 25.3 Å². The smallest absolute Gasteiger partial charge is 0.318 e. The zero-order valence-electron chi connectivity index (χ0n) is 16.1. The monoisotopic (exact) mass is 392 g/mol. The zero-order chi connectivity index (χ0) is 20.1. The largest absolute Gasteiger partial charge is 0.378 e. The quantitative estimate of drug-likeness (QED) is 0.624. The van der Waals surface area contributed by atoms with Crippen LogP contribution < -0.4 is 10.6 Å². The molecule has 1 aliphatic rings. The molecule has 0 radical (unpaired) electrons. The fourth-order valence-corrected chi connectivity index (χ4v) is 3.49. The molecule has 150 valence electrons. The Kier molecular flexibility index (Phi) is 5.76. The first kappa shape index (κ1) is 19.0. The summed E-state index contributed by atoms with van der Waals surface area (Å²) < 4.78 is 5.31. The summed E-state index contributed by atoms with van der Waals surface area (Å²) in [6, 6.07) is 16.2. The molecule has 0 bridgehead atoms. The predicted molar refractivity (Wildman–Crippen MR) is 112 cm³/mol. The van der Waals surface area contributed by atoms with Gasteiger partial charge in [0.25, 0.3) is 0 Å². The van der Waals surface area contributed by atoms with E-state index in [9.17, 15) is 9.59 Å². The van der Waals surface area contributed by atoms with Gasteiger partial charge in [-0.2, -0.15) is 0 Å². The maximum absolute atomic E-state index is 13.0. The van der Waals surface area contributed by atoms with Crippen LogP contribution in [-0.2, 0) is 16.0 Å². The molecule has 2 heterocycles. The van der Waals surface area contributed by atoms with Gasteiger partial charge in [0.05, 0.1) is 13.2 Å². The number of rotatable bonds is 5. The minimum absolute atomic E-state index is 0.247. The zero-order valence-corrected chi connectivity index (χ0v) is 16.1. The molecule has 1 aliphatic heterocycles. The molecule has 1 aromatic heterocycles. The molecular weight excluding hydrogens is 368 g/mol. The van der Waals surface area contributed by atoms with E-state index >= 15 is 0 Å². The van der Waals surface area contributed by atoms with Gasteiger partial charge in [-0.3, -0.25) is 4.79 Å². The van der Waals surface area contributed by atoms with Gasteiger partial charge >= 0.3 is 6.03 Å². The summed E-state index contributed by atoms with van der Waals surface area (Å²) in [5.41, 5.74) is 2.68. The summed E-state index contributed by atoms with van der Waals surface area (Å²) >= 11 is 0. The van der Waals surface area contributed by atoms with E-state index in [0.29, 0.717) is 38.4 Å². The molecule has 4 rings (SSSR count). The summed E-state index contributed by atoms with van der Waals surface area (Å²) in [7, 11) is 0. The molecule has 3 amide bonds. The van der Waals surface area contributed by atoms with Crippen molar-refractivity contribution >= 4 is 28.5 Å². The molecule has 3 N–H and O–H groups in total. The van der Waals surface area contributed by atoms with Crippen molar-refractivity contribution in [2.45, 2.75) is 12.5 Å². The van der Waals surface area contributed by atoms with Crippen LogP contribution in [0.15, 0.2) is 60.8 Å². The number of para-hydroxylation sites is 2. The summed E-state index contributed by atoms with van der Waals surface area (Å²) in [6.07, 6.45) is 2.28. The first-order valence-corrected chi connectivity index (χ1v) is 9.75. The Bertz CT molecular complexity index is 980. The van der Waals surface area contributed by atoms with Gasteiger partial charge in [-0.25, -0.2) is 4.79 Å². The molecule has 7 nitrogen and oxygen atoms in total. The van der Waals surface area contributed by atoms with Crippen molar-refractivity contribution in [3.05, 3.63) is 66.4 Å². The fourth-order valence-electron chi connectivity index (χ4n) is 3.49. The third kappa shape index (κ3) is 4.57. The number of carbonyl (C=O) groups is 2. The minimum atomic E-state index is -0.704. The van der Waals surface area contributed by atoms with E-state index in [-0.39, 0.29) is 11.9 Å². The average molecular weight is 392 g/mol. The third-order valence-corrected chi connectivity index (χ3v) is 5.05. The highest BCUT2D eigenvalue weighted by atomic mass is 16.5. The number of H-pyrrole nitrogens is 1. The number of carbonyl (C=O) groups excluding carboxylic acids is 2. The van der Waals surface area contributed by atoms with Crippen LogP contribution >= 0.6 is 0 Å². The van der Waals surface area contributed by atoms with Gasteiger partial charge in [0.2, 0.25) is 5.91 Å². The van der Waals surface area contributed by atoms with E-state index < -0.39 is 6.04 Å². The molecule has 1 saturated heterocycles. The van der Waals surface area contributed by atoms with Crippen LogP contribution in [0.5, 0.6) is 0 Å². The summed E-state index contributed by atoms with van der Waals surface area (Å²) in [5.74, 6) is -0.247. The Morgan fingerprint density at radius 3 is 2.55 bits per heavy atom. The van der Waals surface area contributed by atoms with E-state index in [0.717, 1.165) is 16.5 Å². The number of aromatic amines is 1. The van der Waals surface area contributed by atoms with Gasteiger partial charge in [-0.1, -0.05) is 36.4 Å². The van der Waals surface area contributed by atoms with Crippen molar-refractivity contribution in [2.24, 2.45) is 0 Å².